The number of hydrogen-bond acceptors (Lipinski definition) is 5. The van der Waals surface area contributed by atoms with Crippen molar-refractivity contribution < 1.29 is 24.2 Å². The summed E-state index contributed by atoms with van der Waals surface area (Å²) in [6.07, 6.45) is 2.85. The summed E-state index contributed by atoms with van der Waals surface area (Å²) in [5, 5.41) is 11.9. The van der Waals surface area contributed by atoms with Gasteiger partial charge in [-0.25, -0.2) is 4.79 Å². The maximum Gasteiger partial charge on any atom is 0.317 e. The Bertz CT molecular complexity index is 485. The average Bonchev–Trinajstić information content (AvgIpc) is 2.56. The van der Waals surface area contributed by atoms with Gasteiger partial charge in [0.2, 0.25) is 0 Å². The molecule has 25 heavy (non-hydrogen) atoms. The van der Waals surface area contributed by atoms with Gasteiger partial charge in [-0.1, -0.05) is 6.92 Å². The number of likely N-dealkylation sites (tertiary alicyclic amines) is 1. The van der Waals surface area contributed by atoms with Gasteiger partial charge in [0.1, 0.15) is 0 Å². The van der Waals surface area contributed by atoms with Crippen LogP contribution in [-0.2, 0) is 14.3 Å². The number of esters is 1. The molecule has 0 unspecified atom stereocenters. The monoisotopic (exact) mass is 355 g/mol. The van der Waals surface area contributed by atoms with E-state index in [0.29, 0.717) is 39.1 Å². The molecule has 0 aromatic heterocycles. The van der Waals surface area contributed by atoms with Crippen LogP contribution in [0.1, 0.15) is 39.5 Å². The van der Waals surface area contributed by atoms with Crippen LogP contribution in [0.4, 0.5) is 4.79 Å². The van der Waals surface area contributed by atoms with Gasteiger partial charge in [0.05, 0.1) is 19.1 Å². The molecule has 142 valence electrons. The predicted molar refractivity (Wildman–Crippen MR) is 91.2 cm³/mol. The molecule has 0 radical (unpaired) electrons. The summed E-state index contributed by atoms with van der Waals surface area (Å²) >= 11 is 0. The number of aliphatic carboxylic acids is 1. The van der Waals surface area contributed by atoms with Gasteiger partial charge in [-0.3, -0.25) is 14.5 Å². The van der Waals surface area contributed by atoms with E-state index in [-0.39, 0.29) is 36.5 Å². The lowest BCUT2D eigenvalue weighted by Crippen LogP contribution is -2.57. The van der Waals surface area contributed by atoms with Crippen molar-refractivity contribution in [2.75, 3.05) is 32.8 Å². The third-order valence-corrected chi connectivity index (χ3v) is 5.10. The fourth-order valence-corrected chi connectivity index (χ4v) is 3.52. The Morgan fingerprint density at radius 3 is 2.36 bits per heavy atom. The van der Waals surface area contributed by atoms with Crippen molar-refractivity contribution in [1.29, 1.82) is 0 Å². The first-order valence-electron chi connectivity index (χ1n) is 9.12. The van der Waals surface area contributed by atoms with Crippen LogP contribution in [0.2, 0.25) is 0 Å². The van der Waals surface area contributed by atoms with Gasteiger partial charge in [0.15, 0.2) is 0 Å². The predicted octanol–water partition coefficient (Wildman–Crippen LogP) is 0.909. The number of likely N-dealkylation sites (N-methyl/N-ethyl adjacent to an activating group) is 1. The highest BCUT2D eigenvalue weighted by Gasteiger charge is 2.36. The zero-order valence-electron chi connectivity index (χ0n) is 15.1. The third kappa shape index (κ3) is 5.32. The summed E-state index contributed by atoms with van der Waals surface area (Å²) in [6, 6.07) is 0.233. The summed E-state index contributed by atoms with van der Waals surface area (Å²) in [6.45, 7) is 5.99. The van der Waals surface area contributed by atoms with Crippen LogP contribution < -0.4 is 5.32 Å². The molecule has 8 nitrogen and oxygen atoms in total. The lowest BCUT2D eigenvalue weighted by atomic mass is 9.85. The molecule has 8 heteroatoms. The van der Waals surface area contributed by atoms with Crippen molar-refractivity contribution >= 4 is 18.0 Å². The Kier molecular flexibility index (Phi) is 7.04. The molecule has 0 aromatic carbocycles. The number of ether oxygens (including phenoxy) is 1. The van der Waals surface area contributed by atoms with E-state index < -0.39 is 5.97 Å². The van der Waals surface area contributed by atoms with E-state index in [4.69, 9.17) is 9.84 Å². The highest BCUT2D eigenvalue weighted by Crippen LogP contribution is 2.26. The Balaban J connectivity index is 1.69. The standard InChI is InChI=1S/C17H29N3O5/c1-3-19(11-15(21)22)14-9-13(10-14)18-17(24)20-7-5-12(6-8-20)16(23)25-4-2/h12-14H,3-11H2,1-2H3,(H,18,24)(H,21,22). The van der Waals surface area contributed by atoms with Gasteiger partial charge in [-0.2, -0.15) is 0 Å². The number of carboxylic acids is 1. The zero-order chi connectivity index (χ0) is 18.4. The molecule has 0 aromatic rings. The molecular weight excluding hydrogens is 326 g/mol. The van der Waals surface area contributed by atoms with Crippen molar-refractivity contribution in [1.82, 2.24) is 15.1 Å². The number of carboxylic acid groups (broad SMARTS) is 1. The van der Waals surface area contributed by atoms with Crippen molar-refractivity contribution in [2.24, 2.45) is 5.92 Å². The number of piperidine rings is 1. The molecule has 2 N–H and O–H groups in total. The Hall–Kier alpha value is -1.83. The van der Waals surface area contributed by atoms with Gasteiger partial charge in [0.25, 0.3) is 0 Å². The van der Waals surface area contributed by atoms with Gasteiger partial charge >= 0.3 is 18.0 Å². The first-order chi connectivity index (χ1) is 11.9. The summed E-state index contributed by atoms with van der Waals surface area (Å²) in [5.41, 5.74) is 0. The molecular formula is C17H29N3O5. The molecule has 1 saturated heterocycles. The molecule has 1 aliphatic heterocycles. The Morgan fingerprint density at radius 1 is 1.20 bits per heavy atom. The van der Waals surface area contributed by atoms with Gasteiger partial charge in [0, 0.05) is 25.2 Å². The molecule has 2 rings (SSSR count). The van der Waals surface area contributed by atoms with Gasteiger partial charge in [-0.15, -0.1) is 0 Å². The van der Waals surface area contributed by atoms with Crippen molar-refractivity contribution in [2.45, 2.75) is 51.6 Å². The molecule has 0 bridgehead atoms. The summed E-state index contributed by atoms with van der Waals surface area (Å²) in [5.74, 6) is -1.09. The summed E-state index contributed by atoms with van der Waals surface area (Å²) < 4.78 is 5.04. The number of rotatable bonds is 7. The number of nitrogens with one attached hydrogen (secondary N) is 1. The van der Waals surface area contributed by atoms with E-state index in [0.717, 1.165) is 12.8 Å². The molecule has 2 aliphatic rings. The van der Waals surface area contributed by atoms with E-state index in [1.54, 1.807) is 11.8 Å². The van der Waals surface area contributed by atoms with Crippen LogP contribution in [0.15, 0.2) is 0 Å². The minimum atomic E-state index is -0.821. The molecule has 1 heterocycles. The lowest BCUT2D eigenvalue weighted by Gasteiger charge is -2.43. The van der Waals surface area contributed by atoms with Crippen molar-refractivity contribution in [3.8, 4) is 0 Å². The van der Waals surface area contributed by atoms with Gasteiger partial charge in [-0.05, 0) is 39.2 Å². The largest absolute Gasteiger partial charge is 0.480 e. The molecule has 2 fully saturated rings. The maximum absolute atomic E-state index is 12.3. The first kappa shape index (κ1) is 19.5. The highest BCUT2D eigenvalue weighted by atomic mass is 16.5. The van der Waals surface area contributed by atoms with Crippen LogP contribution >= 0.6 is 0 Å². The fraction of sp³-hybridized carbons (Fsp3) is 0.824. The number of urea groups is 1. The Labute approximate surface area is 148 Å². The molecule has 2 amide bonds. The average molecular weight is 355 g/mol. The van der Waals surface area contributed by atoms with E-state index in [9.17, 15) is 14.4 Å². The SMILES string of the molecule is CCOC(=O)C1CCN(C(=O)NC2CC(N(CC)CC(=O)O)C2)CC1. The summed E-state index contributed by atoms with van der Waals surface area (Å²) in [7, 11) is 0. The normalized spacial score (nSPS) is 23.9. The number of carbonyl (C=O) groups is 3. The van der Waals surface area contributed by atoms with Crippen LogP contribution in [-0.4, -0.2) is 77.7 Å². The van der Waals surface area contributed by atoms with Gasteiger partial charge < -0.3 is 20.1 Å². The van der Waals surface area contributed by atoms with Crippen LogP contribution in [0.25, 0.3) is 0 Å². The minimum Gasteiger partial charge on any atom is -0.480 e. The van der Waals surface area contributed by atoms with Crippen LogP contribution in [0.5, 0.6) is 0 Å². The Morgan fingerprint density at radius 2 is 1.84 bits per heavy atom. The second-order valence-electron chi connectivity index (χ2n) is 6.74. The molecule has 1 aliphatic carbocycles. The van der Waals surface area contributed by atoms with E-state index in [2.05, 4.69) is 5.32 Å². The third-order valence-electron chi connectivity index (χ3n) is 5.10. The fourth-order valence-electron chi connectivity index (χ4n) is 3.52. The number of nitrogens with zero attached hydrogens (tertiary/aromatic N) is 2. The van der Waals surface area contributed by atoms with Crippen LogP contribution in [0, 0.1) is 5.92 Å². The minimum absolute atomic E-state index is 0.0448. The van der Waals surface area contributed by atoms with Crippen molar-refractivity contribution in [3.63, 3.8) is 0 Å². The zero-order valence-corrected chi connectivity index (χ0v) is 15.1. The van der Waals surface area contributed by atoms with Crippen LogP contribution in [0.3, 0.4) is 0 Å². The first-order valence-corrected chi connectivity index (χ1v) is 9.12. The second-order valence-corrected chi connectivity index (χ2v) is 6.74. The van der Waals surface area contributed by atoms with E-state index in [1.807, 2.05) is 11.8 Å². The molecule has 1 saturated carbocycles. The smallest absolute Gasteiger partial charge is 0.317 e. The number of carbonyl (C=O) groups excluding carboxylic acids is 2. The number of hydrogen-bond donors (Lipinski definition) is 2. The number of amides is 2. The molecule has 0 atom stereocenters. The topological polar surface area (TPSA) is 99.2 Å². The lowest BCUT2D eigenvalue weighted by molar-refractivity contribution is -0.149. The quantitative estimate of drug-likeness (QED) is 0.659. The van der Waals surface area contributed by atoms with E-state index in [1.165, 1.54) is 0 Å². The second kappa shape index (κ2) is 9.03. The highest BCUT2D eigenvalue weighted by molar-refractivity contribution is 5.76. The maximum atomic E-state index is 12.3. The molecule has 0 spiro atoms. The van der Waals surface area contributed by atoms with Crippen molar-refractivity contribution in [3.05, 3.63) is 0 Å². The van der Waals surface area contributed by atoms with E-state index >= 15 is 0 Å². The summed E-state index contributed by atoms with van der Waals surface area (Å²) in [4.78, 5) is 38.6.